The van der Waals surface area contributed by atoms with Gasteiger partial charge in [0.25, 0.3) is 0 Å². The second kappa shape index (κ2) is 7.78. The molecule has 138 valence electrons. The average Bonchev–Trinajstić information content (AvgIpc) is 2.94. The lowest BCUT2D eigenvalue weighted by Gasteiger charge is -2.14. The van der Waals surface area contributed by atoms with Crippen molar-refractivity contribution in [3.8, 4) is 11.5 Å². The normalized spacial score (nSPS) is 18.3. The zero-order valence-corrected chi connectivity index (χ0v) is 15.4. The van der Waals surface area contributed by atoms with Crippen molar-refractivity contribution in [2.24, 2.45) is 5.92 Å². The highest BCUT2D eigenvalue weighted by atomic mass is 32.2. The van der Waals surface area contributed by atoms with Gasteiger partial charge >= 0.3 is 6.03 Å². The Bertz CT molecular complexity index is 896. The Kier molecular flexibility index (Phi) is 5.46. The van der Waals surface area contributed by atoms with Gasteiger partial charge < -0.3 is 15.4 Å². The molecule has 1 aliphatic heterocycles. The van der Waals surface area contributed by atoms with E-state index in [0.717, 1.165) is 5.56 Å². The Hall–Kier alpha value is -2.54. The summed E-state index contributed by atoms with van der Waals surface area (Å²) >= 11 is 0. The lowest BCUT2D eigenvalue weighted by molar-refractivity contribution is 0.250. The number of rotatable bonds is 5. The van der Waals surface area contributed by atoms with E-state index in [2.05, 4.69) is 10.6 Å². The molecule has 2 aromatic carbocycles. The minimum Gasteiger partial charge on any atom is -0.455 e. The Balaban J connectivity index is 1.60. The molecule has 0 aliphatic carbocycles. The van der Waals surface area contributed by atoms with Crippen molar-refractivity contribution in [2.45, 2.75) is 13.3 Å². The molecule has 0 spiro atoms. The van der Waals surface area contributed by atoms with E-state index in [-0.39, 0.29) is 23.5 Å². The smallest absolute Gasteiger partial charge is 0.319 e. The lowest BCUT2D eigenvalue weighted by atomic mass is 10.1. The summed E-state index contributed by atoms with van der Waals surface area (Å²) in [6.07, 6.45) is 0.593. The van der Waals surface area contributed by atoms with Crippen LogP contribution in [0.5, 0.6) is 11.5 Å². The van der Waals surface area contributed by atoms with Crippen LogP contribution in [-0.4, -0.2) is 32.5 Å². The van der Waals surface area contributed by atoms with Crippen LogP contribution in [0.2, 0.25) is 0 Å². The summed E-state index contributed by atoms with van der Waals surface area (Å²) in [7, 11) is -2.94. The maximum atomic E-state index is 12.2. The second-order valence-electron chi connectivity index (χ2n) is 6.52. The Morgan fingerprint density at radius 1 is 1.19 bits per heavy atom. The molecule has 6 nitrogen and oxygen atoms in total. The third-order valence-electron chi connectivity index (χ3n) is 4.23. The van der Waals surface area contributed by atoms with Gasteiger partial charge in [0.1, 0.15) is 5.75 Å². The monoisotopic (exact) mass is 374 g/mol. The SMILES string of the molecule is Cc1cccc(Oc2ccccc2NC(=O)NC[C@H]2CCS(=O)(=O)C2)c1. The summed E-state index contributed by atoms with van der Waals surface area (Å²) in [4.78, 5) is 12.2. The average molecular weight is 374 g/mol. The molecular weight excluding hydrogens is 352 g/mol. The van der Waals surface area contributed by atoms with Gasteiger partial charge in [-0.25, -0.2) is 13.2 Å². The van der Waals surface area contributed by atoms with Crippen LogP contribution < -0.4 is 15.4 Å². The van der Waals surface area contributed by atoms with Crippen LogP contribution in [0.3, 0.4) is 0 Å². The number of aryl methyl sites for hydroxylation is 1. The van der Waals surface area contributed by atoms with Crippen molar-refractivity contribution in [1.82, 2.24) is 5.32 Å². The van der Waals surface area contributed by atoms with Gasteiger partial charge in [-0.05, 0) is 49.1 Å². The number of nitrogens with one attached hydrogen (secondary N) is 2. The van der Waals surface area contributed by atoms with E-state index >= 15 is 0 Å². The fourth-order valence-electron chi connectivity index (χ4n) is 2.90. The fourth-order valence-corrected chi connectivity index (χ4v) is 4.76. The molecule has 0 unspecified atom stereocenters. The van der Waals surface area contributed by atoms with Gasteiger partial charge in [0.15, 0.2) is 15.6 Å². The molecule has 1 fully saturated rings. The first-order chi connectivity index (χ1) is 12.4. The molecule has 2 amide bonds. The van der Waals surface area contributed by atoms with Crippen molar-refractivity contribution in [1.29, 1.82) is 0 Å². The van der Waals surface area contributed by atoms with Gasteiger partial charge in [-0.15, -0.1) is 0 Å². The summed E-state index contributed by atoms with van der Waals surface area (Å²) in [5.74, 6) is 1.55. The third kappa shape index (κ3) is 4.98. The number of sulfone groups is 1. The molecule has 2 aromatic rings. The molecule has 1 heterocycles. The Morgan fingerprint density at radius 3 is 2.73 bits per heavy atom. The van der Waals surface area contributed by atoms with E-state index in [9.17, 15) is 13.2 Å². The van der Waals surface area contributed by atoms with Crippen molar-refractivity contribution in [3.05, 3.63) is 54.1 Å². The number of carbonyl (C=O) groups is 1. The number of ether oxygens (including phenoxy) is 1. The number of para-hydroxylation sites is 2. The van der Waals surface area contributed by atoms with Crippen molar-refractivity contribution in [2.75, 3.05) is 23.4 Å². The van der Waals surface area contributed by atoms with Crippen LogP contribution >= 0.6 is 0 Å². The van der Waals surface area contributed by atoms with Gasteiger partial charge in [-0.1, -0.05) is 24.3 Å². The zero-order chi connectivity index (χ0) is 18.6. The number of urea groups is 1. The number of benzene rings is 2. The predicted molar refractivity (Wildman–Crippen MR) is 101 cm³/mol. The molecule has 0 radical (unpaired) electrons. The Morgan fingerprint density at radius 2 is 2.00 bits per heavy atom. The zero-order valence-electron chi connectivity index (χ0n) is 14.6. The van der Waals surface area contributed by atoms with Crippen LogP contribution in [0, 0.1) is 12.8 Å². The van der Waals surface area contributed by atoms with Crippen LogP contribution in [0.4, 0.5) is 10.5 Å². The summed E-state index contributed by atoms with van der Waals surface area (Å²) in [5.41, 5.74) is 1.63. The van der Waals surface area contributed by atoms with Crippen LogP contribution in [0.25, 0.3) is 0 Å². The quantitative estimate of drug-likeness (QED) is 0.841. The largest absolute Gasteiger partial charge is 0.455 e. The first-order valence-corrected chi connectivity index (χ1v) is 10.3. The maximum Gasteiger partial charge on any atom is 0.319 e. The van der Waals surface area contributed by atoms with Gasteiger partial charge in [0.2, 0.25) is 0 Å². The molecule has 7 heteroatoms. The first-order valence-electron chi connectivity index (χ1n) is 8.50. The van der Waals surface area contributed by atoms with Crippen molar-refractivity contribution in [3.63, 3.8) is 0 Å². The van der Waals surface area contributed by atoms with Crippen molar-refractivity contribution >= 4 is 21.6 Å². The minimum atomic E-state index is -2.94. The summed E-state index contributed by atoms with van der Waals surface area (Å²) in [5, 5.41) is 5.51. The summed E-state index contributed by atoms with van der Waals surface area (Å²) in [6, 6.07) is 14.4. The van der Waals surface area contributed by atoms with Gasteiger partial charge in [-0.2, -0.15) is 0 Å². The summed E-state index contributed by atoms with van der Waals surface area (Å²) < 4.78 is 28.8. The number of carbonyl (C=O) groups excluding carboxylic acids is 1. The number of hydrogen-bond donors (Lipinski definition) is 2. The molecule has 0 aromatic heterocycles. The third-order valence-corrected chi connectivity index (χ3v) is 6.07. The van der Waals surface area contributed by atoms with E-state index in [1.165, 1.54) is 0 Å². The molecule has 0 saturated carbocycles. The maximum absolute atomic E-state index is 12.2. The molecule has 26 heavy (non-hydrogen) atoms. The van der Waals surface area contributed by atoms with Gasteiger partial charge in [0.05, 0.1) is 17.2 Å². The van der Waals surface area contributed by atoms with E-state index in [1.54, 1.807) is 12.1 Å². The molecule has 0 bridgehead atoms. The minimum absolute atomic E-state index is 0.0236. The number of hydrogen-bond acceptors (Lipinski definition) is 4. The lowest BCUT2D eigenvalue weighted by Crippen LogP contribution is -2.33. The van der Waals surface area contributed by atoms with Gasteiger partial charge in [0, 0.05) is 6.54 Å². The Labute approximate surface area is 153 Å². The molecule has 1 saturated heterocycles. The molecule has 1 atom stereocenters. The first kappa shape index (κ1) is 18.3. The molecular formula is C19H22N2O4S. The molecule has 2 N–H and O–H groups in total. The second-order valence-corrected chi connectivity index (χ2v) is 8.75. The van der Waals surface area contributed by atoms with E-state index in [4.69, 9.17) is 4.74 Å². The van der Waals surface area contributed by atoms with Crippen LogP contribution in [-0.2, 0) is 9.84 Å². The molecule has 1 aliphatic rings. The van der Waals surface area contributed by atoms with Crippen molar-refractivity contribution < 1.29 is 17.9 Å². The summed E-state index contributed by atoms with van der Waals surface area (Å²) in [6.45, 7) is 2.32. The van der Waals surface area contributed by atoms with E-state index in [0.29, 0.717) is 30.2 Å². The van der Waals surface area contributed by atoms with Gasteiger partial charge in [-0.3, -0.25) is 0 Å². The number of amides is 2. The standard InChI is InChI=1S/C19H22N2O4S/c1-14-5-4-6-16(11-14)25-18-8-3-2-7-17(18)21-19(22)20-12-15-9-10-26(23,24)13-15/h2-8,11,15H,9-10,12-13H2,1H3,(H2,20,21,22)/t15-/m1/s1. The highest BCUT2D eigenvalue weighted by molar-refractivity contribution is 7.91. The van der Waals surface area contributed by atoms with Crippen LogP contribution in [0.15, 0.2) is 48.5 Å². The highest BCUT2D eigenvalue weighted by Gasteiger charge is 2.27. The van der Waals surface area contributed by atoms with Crippen LogP contribution in [0.1, 0.15) is 12.0 Å². The predicted octanol–water partition coefficient (Wildman–Crippen LogP) is 3.34. The van der Waals surface area contributed by atoms with E-state index in [1.807, 2.05) is 43.3 Å². The fraction of sp³-hybridized carbons (Fsp3) is 0.316. The molecule has 3 rings (SSSR count). The highest BCUT2D eigenvalue weighted by Crippen LogP contribution is 2.29. The number of anilines is 1. The topological polar surface area (TPSA) is 84.5 Å². The van der Waals surface area contributed by atoms with E-state index < -0.39 is 9.84 Å².